The van der Waals surface area contributed by atoms with Gasteiger partial charge in [0, 0.05) is 44.7 Å². The molecule has 6 heterocycles. The fourth-order valence-electron chi connectivity index (χ4n) is 8.61. The zero-order chi connectivity index (χ0) is 40.2. The van der Waals surface area contributed by atoms with E-state index in [1.165, 1.54) is 12.1 Å². The summed E-state index contributed by atoms with van der Waals surface area (Å²) in [7, 11) is 1.80. The van der Waals surface area contributed by atoms with Crippen molar-refractivity contribution in [2.24, 2.45) is 18.9 Å². The summed E-state index contributed by atoms with van der Waals surface area (Å²) in [6.45, 7) is 5.33. The molecule has 5 N–H and O–H groups in total. The number of aryl methyl sites for hydroxylation is 1. The molecule has 304 valence electrons. The Hall–Kier alpha value is -5.70. The van der Waals surface area contributed by atoms with Crippen LogP contribution in [0.4, 0.5) is 4.79 Å². The van der Waals surface area contributed by atoms with Gasteiger partial charge < -0.3 is 40.2 Å². The molecule has 14 heteroatoms. The monoisotopic (exact) mass is 789 g/mol. The van der Waals surface area contributed by atoms with Gasteiger partial charge in [0.05, 0.1) is 23.4 Å². The van der Waals surface area contributed by atoms with Gasteiger partial charge in [0.2, 0.25) is 5.56 Å². The Morgan fingerprint density at radius 3 is 2.47 bits per heavy atom. The topological polar surface area (TPSA) is 174 Å². The van der Waals surface area contributed by atoms with Crippen LogP contribution in [0.1, 0.15) is 70.7 Å². The number of phenols is 1. The molecule has 5 aromatic rings. The molecule has 2 bridgehead atoms. The van der Waals surface area contributed by atoms with Gasteiger partial charge in [-0.2, -0.15) is 5.10 Å². The second-order valence-electron chi connectivity index (χ2n) is 15.8. The molecule has 4 aliphatic heterocycles. The number of aromatic hydroxyl groups is 1. The number of nitrogens with zero attached hydrogens (tertiary/aromatic N) is 4. The second kappa shape index (κ2) is 17.4. The number of amides is 2. The molecule has 0 aliphatic carbocycles. The molecule has 4 aliphatic rings. The number of piperidine rings is 4. The summed E-state index contributed by atoms with van der Waals surface area (Å²) in [5, 5.41) is 32.7. The number of pyridine rings is 1. The predicted molar refractivity (Wildman–Crippen MR) is 218 cm³/mol. The number of hydrogen-bond donors (Lipinski definition) is 5. The summed E-state index contributed by atoms with van der Waals surface area (Å²) in [5.41, 5.74) is 3.50. The van der Waals surface area contributed by atoms with Gasteiger partial charge in [0.1, 0.15) is 24.2 Å². The number of nitrogens with one attached hydrogen (secondary N) is 3. The van der Waals surface area contributed by atoms with E-state index in [1.54, 1.807) is 29.9 Å². The minimum absolute atomic E-state index is 0.0448. The first-order chi connectivity index (χ1) is 28.2. The molecule has 4 saturated heterocycles. The van der Waals surface area contributed by atoms with E-state index < -0.39 is 18.2 Å². The number of carbonyl (C=O) groups is 2. The summed E-state index contributed by atoms with van der Waals surface area (Å²) in [4.78, 5) is 45.4. The normalized spacial score (nSPS) is 20.4. The second-order valence-corrected chi connectivity index (χ2v) is 15.8. The first kappa shape index (κ1) is 39.1. The predicted octanol–water partition coefficient (Wildman–Crippen LogP) is 4.63. The van der Waals surface area contributed by atoms with Crippen LogP contribution in [0, 0.1) is 11.8 Å². The Balaban J connectivity index is 0.829. The SMILES string of the molecule is Cn1nc(C(=O)N2CCC(CNCC(O)c3ccc(O)c4[nH]c(=O)ccc34)CC2)cc1COc1cccc([C@@H](NC(=O)OC2CN3CCC2CC3)c2ccccc2)c1. The largest absolute Gasteiger partial charge is 0.506 e. The molecule has 0 spiro atoms. The molecule has 3 atom stereocenters. The Labute approximate surface area is 336 Å². The van der Waals surface area contributed by atoms with E-state index in [0.717, 1.165) is 62.1 Å². The summed E-state index contributed by atoms with van der Waals surface area (Å²) in [5.74, 6) is 1.20. The van der Waals surface area contributed by atoms with Crippen molar-refractivity contribution < 1.29 is 29.3 Å². The minimum Gasteiger partial charge on any atom is -0.506 e. The number of aliphatic hydroxyl groups excluding tert-OH is 1. The van der Waals surface area contributed by atoms with E-state index in [0.29, 0.717) is 65.9 Å². The molecule has 0 radical (unpaired) electrons. The zero-order valence-corrected chi connectivity index (χ0v) is 32.7. The van der Waals surface area contributed by atoms with E-state index in [1.807, 2.05) is 59.5 Å². The van der Waals surface area contributed by atoms with Crippen molar-refractivity contribution >= 4 is 22.9 Å². The van der Waals surface area contributed by atoms with E-state index in [9.17, 15) is 24.6 Å². The number of H-pyrrole nitrogens is 1. The smallest absolute Gasteiger partial charge is 0.408 e. The number of rotatable bonds is 13. The number of alkyl carbamates (subject to hydrolysis) is 1. The van der Waals surface area contributed by atoms with Crippen LogP contribution in [0.5, 0.6) is 11.5 Å². The van der Waals surface area contributed by atoms with Crippen molar-refractivity contribution in [2.45, 2.75) is 50.5 Å². The third-order valence-corrected chi connectivity index (χ3v) is 12.0. The molecular formula is C44H51N7O7. The maximum absolute atomic E-state index is 13.5. The van der Waals surface area contributed by atoms with Crippen molar-refractivity contribution in [3.63, 3.8) is 0 Å². The highest BCUT2D eigenvalue weighted by molar-refractivity contribution is 5.92. The van der Waals surface area contributed by atoms with Gasteiger partial charge in [0.15, 0.2) is 5.69 Å². The first-order valence-corrected chi connectivity index (χ1v) is 20.2. The molecule has 9 rings (SSSR count). The fourth-order valence-corrected chi connectivity index (χ4v) is 8.61. The summed E-state index contributed by atoms with van der Waals surface area (Å²) >= 11 is 0. The van der Waals surface area contributed by atoms with Gasteiger partial charge in [-0.3, -0.25) is 19.2 Å². The number of aromatic nitrogens is 3. The molecule has 2 amide bonds. The molecule has 14 nitrogen and oxygen atoms in total. The van der Waals surface area contributed by atoms with Gasteiger partial charge in [-0.05, 0) is 104 Å². The van der Waals surface area contributed by atoms with Gasteiger partial charge in [-0.25, -0.2) is 4.79 Å². The maximum atomic E-state index is 13.5. The lowest BCUT2D eigenvalue weighted by Crippen LogP contribution is -2.52. The van der Waals surface area contributed by atoms with E-state index >= 15 is 0 Å². The van der Waals surface area contributed by atoms with Crippen molar-refractivity contribution in [3.05, 3.63) is 123 Å². The van der Waals surface area contributed by atoms with Crippen LogP contribution >= 0.6 is 0 Å². The Kier molecular flexibility index (Phi) is 11.8. The van der Waals surface area contributed by atoms with Crippen molar-refractivity contribution in [1.82, 2.24) is 35.2 Å². The average Bonchev–Trinajstić information content (AvgIpc) is 3.63. The standard InChI is InChI=1S/C44H51N7O7/c1-49-32(27-57-33-9-5-8-31(22-33)41(30-6-3-2-4-7-30)47-44(56)58-39-26-50-18-16-29(39)17-19-50)23-36(48-49)43(55)51-20-14-28(15-21-51)24-45-25-38(53)34-10-12-37(52)42-35(34)11-13-40(54)46-42/h2-13,22-23,28-29,38-39,41,45,52-53H,14-21,24-27H2,1H3,(H,46,54)(H,47,56)/t38?,39?,41-/m0/s1. The maximum Gasteiger partial charge on any atom is 0.408 e. The van der Waals surface area contributed by atoms with Crippen LogP contribution in [0.3, 0.4) is 0 Å². The lowest BCUT2D eigenvalue weighted by molar-refractivity contribution is -0.0336. The number of hydrogen-bond acceptors (Lipinski definition) is 10. The number of aromatic amines is 1. The van der Waals surface area contributed by atoms with Crippen LogP contribution in [0.2, 0.25) is 0 Å². The molecule has 4 fully saturated rings. The van der Waals surface area contributed by atoms with E-state index in [-0.39, 0.29) is 29.9 Å². The number of benzene rings is 3. The Morgan fingerprint density at radius 1 is 0.931 bits per heavy atom. The van der Waals surface area contributed by atoms with Crippen LogP contribution in [-0.2, 0) is 18.4 Å². The number of likely N-dealkylation sites (tertiary alicyclic amines) is 1. The molecule has 2 aromatic heterocycles. The molecule has 58 heavy (non-hydrogen) atoms. The third-order valence-electron chi connectivity index (χ3n) is 12.0. The van der Waals surface area contributed by atoms with Crippen LogP contribution in [0.25, 0.3) is 10.9 Å². The Bertz CT molecular complexity index is 2280. The van der Waals surface area contributed by atoms with Crippen molar-refractivity contribution in [3.8, 4) is 11.5 Å². The lowest BCUT2D eigenvalue weighted by atomic mass is 9.86. The minimum atomic E-state index is -0.833. The van der Waals surface area contributed by atoms with Crippen LogP contribution in [0.15, 0.2) is 89.7 Å². The fraction of sp³-hybridized carbons (Fsp3) is 0.409. The molecule has 2 unspecified atom stereocenters. The number of phenolic OH excluding ortho intramolecular Hbond substituents is 1. The zero-order valence-electron chi connectivity index (χ0n) is 32.7. The van der Waals surface area contributed by atoms with Gasteiger partial charge in [0.25, 0.3) is 5.91 Å². The van der Waals surface area contributed by atoms with Gasteiger partial charge >= 0.3 is 6.09 Å². The Morgan fingerprint density at radius 2 is 1.71 bits per heavy atom. The number of carbonyl (C=O) groups excluding carboxylic acids is 2. The molecule has 0 saturated carbocycles. The van der Waals surface area contributed by atoms with Crippen molar-refractivity contribution in [2.75, 3.05) is 45.8 Å². The van der Waals surface area contributed by atoms with Crippen LogP contribution in [-0.4, -0.2) is 98.7 Å². The molecular weight excluding hydrogens is 739 g/mol. The lowest BCUT2D eigenvalue weighted by Gasteiger charge is -2.43. The van der Waals surface area contributed by atoms with E-state index in [2.05, 4.69) is 25.6 Å². The van der Waals surface area contributed by atoms with E-state index in [4.69, 9.17) is 9.47 Å². The highest BCUT2D eigenvalue weighted by Crippen LogP contribution is 2.32. The number of aliphatic hydroxyl groups is 1. The summed E-state index contributed by atoms with van der Waals surface area (Å²) < 4.78 is 13.9. The third kappa shape index (κ3) is 8.89. The summed E-state index contributed by atoms with van der Waals surface area (Å²) in [6.07, 6.45) is 2.40. The van der Waals surface area contributed by atoms with Crippen molar-refractivity contribution in [1.29, 1.82) is 0 Å². The number of fused-ring (bicyclic) bond motifs is 4. The van der Waals surface area contributed by atoms with Crippen LogP contribution < -0.4 is 20.9 Å². The average molecular weight is 790 g/mol. The highest BCUT2D eigenvalue weighted by atomic mass is 16.6. The highest BCUT2D eigenvalue weighted by Gasteiger charge is 2.37. The van der Waals surface area contributed by atoms with Gasteiger partial charge in [-0.15, -0.1) is 0 Å². The first-order valence-electron chi connectivity index (χ1n) is 20.2. The van der Waals surface area contributed by atoms with Gasteiger partial charge in [-0.1, -0.05) is 48.5 Å². The molecule has 3 aromatic carbocycles. The quantitative estimate of drug-likeness (QED) is 0.113. The number of ether oxygens (including phenoxy) is 2. The summed E-state index contributed by atoms with van der Waals surface area (Å²) in [6, 6.07) is 25.0.